The summed E-state index contributed by atoms with van der Waals surface area (Å²) in [5, 5.41) is 0. The summed E-state index contributed by atoms with van der Waals surface area (Å²) in [5.74, 6) is -1.33. The molecule has 0 radical (unpaired) electrons. The summed E-state index contributed by atoms with van der Waals surface area (Å²) < 4.78 is 23.1. The predicted octanol–water partition coefficient (Wildman–Crippen LogP) is 1.51. The number of hydrogen-bond donors (Lipinski definition) is 1. The Morgan fingerprint density at radius 2 is 2.12 bits per heavy atom. The summed E-state index contributed by atoms with van der Waals surface area (Å²) >= 11 is 0. The zero-order valence-electron chi connectivity index (χ0n) is 10.1. The van der Waals surface area contributed by atoms with Crippen molar-refractivity contribution >= 4 is 5.97 Å². The Balaban J connectivity index is 3.23. The maximum absolute atomic E-state index is 13.7. The summed E-state index contributed by atoms with van der Waals surface area (Å²) in [4.78, 5) is 11.5. The second-order valence-corrected chi connectivity index (χ2v) is 3.83. The molecule has 1 unspecified atom stereocenters. The number of hydrogen-bond acceptors (Lipinski definition) is 4. The van der Waals surface area contributed by atoms with Gasteiger partial charge in [0, 0.05) is 6.04 Å². The van der Waals surface area contributed by atoms with Crippen molar-refractivity contribution in [1.29, 1.82) is 0 Å². The van der Waals surface area contributed by atoms with Gasteiger partial charge in [-0.25, -0.2) is 9.18 Å². The number of nitrogens with two attached hydrogens (primary N) is 1. The number of carbonyl (C=O) groups excluding carboxylic acids is 1. The SMILES string of the molecule is COC(=O)c1cc(CC(C)N)cc(F)c1OC. The maximum Gasteiger partial charge on any atom is 0.341 e. The minimum absolute atomic E-state index is 0.0747. The number of esters is 1. The third-order valence-corrected chi connectivity index (χ3v) is 2.27. The molecular weight excluding hydrogens is 225 g/mol. The lowest BCUT2D eigenvalue weighted by Gasteiger charge is -2.11. The van der Waals surface area contributed by atoms with Gasteiger partial charge in [0.2, 0.25) is 0 Å². The van der Waals surface area contributed by atoms with Crippen LogP contribution in [-0.2, 0) is 11.2 Å². The zero-order valence-corrected chi connectivity index (χ0v) is 10.1. The molecule has 0 saturated heterocycles. The first kappa shape index (κ1) is 13.4. The third kappa shape index (κ3) is 3.17. The molecule has 0 bridgehead atoms. The van der Waals surface area contributed by atoms with Crippen LogP contribution in [0.15, 0.2) is 12.1 Å². The van der Waals surface area contributed by atoms with Gasteiger partial charge < -0.3 is 15.2 Å². The van der Waals surface area contributed by atoms with Gasteiger partial charge in [0.15, 0.2) is 11.6 Å². The van der Waals surface area contributed by atoms with E-state index in [9.17, 15) is 9.18 Å². The van der Waals surface area contributed by atoms with E-state index < -0.39 is 11.8 Å². The van der Waals surface area contributed by atoms with Crippen molar-refractivity contribution in [2.75, 3.05) is 14.2 Å². The van der Waals surface area contributed by atoms with Crippen LogP contribution in [0.3, 0.4) is 0 Å². The van der Waals surface area contributed by atoms with Crippen molar-refractivity contribution in [2.45, 2.75) is 19.4 Å². The summed E-state index contributed by atoms with van der Waals surface area (Å²) in [6.45, 7) is 1.81. The molecule has 17 heavy (non-hydrogen) atoms. The number of benzene rings is 1. The predicted molar refractivity (Wildman–Crippen MR) is 61.6 cm³/mol. The van der Waals surface area contributed by atoms with Gasteiger partial charge in [-0.2, -0.15) is 0 Å². The van der Waals surface area contributed by atoms with Gasteiger partial charge >= 0.3 is 5.97 Å². The number of methoxy groups -OCH3 is 2. The van der Waals surface area contributed by atoms with E-state index in [4.69, 9.17) is 10.5 Å². The Kier molecular flexibility index (Phi) is 4.45. The Morgan fingerprint density at radius 1 is 1.47 bits per heavy atom. The number of ether oxygens (including phenoxy) is 2. The molecule has 0 spiro atoms. The van der Waals surface area contributed by atoms with Gasteiger partial charge in [-0.15, -0.1) is 0 Å². The van der Waals surface area contributed by atoms with Gasteiger partial charge in [0.25, 0.3) is 0 Å². The Hall–Kier alpha value is -1.62. The number of rotatable bonds is 4. The third-order valence-electron chi connectivity index (χ3n) is 2.27. The molecule has 4 nitrogen and oxygen atoms in total. The smallest absolute Gasteiger partial charge is 0.341 e. The summed E-state index contributed by atoms with van der Waals surface area (Å²) in [7, 11) is 2.54. The molecule has 0 aliphatic heterocycles. The second-order valence-electron chi connectivity index (χ2n) is 3.83. The molecule has 0 saturated carbocycles. The number of halogens is 1. The van der Waals surface area contributed by atoms with Crippen LogP contribution in [0.4, 0.5) is 4.39 Å². The standard InChI is InChI=1S/C12H16FNO3/c1-7(14)4-8-5-9(12(15)17-3)11(16-2)10(13)6-8/h5-7H,4,14H2,1-3H3. The fraction of sp³-hybridized carbons (Fsp3) is 0.417. The summed E-state index contributed by atoms with van der Waals surface area (Å²) in [5.41, 5.74) is 6.35. The van der Waals surface area contributed by atoms with Crippen LogP contribution in [0.2, 0.25) is 0 Å². The first-order valence-corrected chi connectivity index (χ1v) is 5.20. The fourth-order valence-electron chi connectivity index (χ4n) is 1.61. The molecule has 1 aromatic carbocycles. The van der Waals surface area contributed by atoms with E-state index >= 15 is 0 Å². The summed E-state index contributed by atoms with van der Waals surface area (Å²) in [6, 6.07) is 2.74. The lowest BCUT2D eigenvalue weighted by Crippen LogP contribution is -2.18. The lowest BCUT2D eigenvalue weighted by atomic mass is 10.0. The zero-order chi connectivity index (χ0) is 13.0. The first-order valence-electron chi connectivity index (χ1n) is 5.20. The van der Waals surface area contributed by atoms with E-state index in [0.29, 0.717) is 12.0 Å². The van der Waals surface area contributed by atoms with Crippen LogP contribution in [-0.4, -0.2) is 26.2 Å². The fourth-order valence-corrected chi connectivity index (χ4v) is 1.61. The van der Waals surface area contributed by atoms with E-state index in [1.54, 1.807) is 6.92 Å². The topological polar surface area (TPSA) is 61.5 Å². The van der Waals surface area contributed by atoms with Crippen LogP contribution in [0.1, 0.15) is 22.8 Å². The van der Waals surface area contributed by atoms with Gasteiger partial charge in [-0.3, -0.25) is 0 Å². The van der Waals surface area contributed by atoms with Crippen molar-refractivity contribution in [2.24, 2.45) is 5.73 Å². The summed E-state index contributed by atoms with van der Waals surface area (Å²) in [6.07, 6.45) is 0.477. The molecule has 0 heterocycles. The van der Waals surface area contributed by atoms with Crippen molar-refractivity contribution in [3.8, 4) is 5.75 Å². The van der Waals surface area contributed by atoms with Crippen molar-refractivity contribution in [3.63, 3.8) is 0 Å². The number of carbonyl (C=O) groups is 1. The second kappa shape index (κ2) is 5.63. The molecule has 0 fully saturated rings. The van der Waals surface area contributed by atoms with Gasteiger partial charge in [-0.1, -0.05) is 0 Å². The molecule has 0 aliphatic rings. The Bertz CT molecular complexity index is 418. The molecule has 0 aliphatic carbocycles. The monoisotopic (exact) mass is 241 g/mol. The highest BCUT2D eigenvalue weighted by Crippen LogP contribution is 2.25. The maximum atomic E-state index is 13.7. The highest BCUT2D eigenvalue weighted by molar-refractivity contribution is 5.92. The van der Waals surface area contributed by atoms with Crippen LogP contribution in [0, 0.1) is 5.82 Å². The molecule has 1 rings (SSSR count). The Morgan fingerprint density at radius 3 is 2.59 bits per heavy atom. The molecular formula is C12H16FNO3. The lowest BCUT2D eigenvalue weighted by molar-refractivity contribution is 0.0596. The molecule has 0 amide bonds. The van der Waals surface area contributed by atoms with Crippen LogP contribution >= 0.6 is 0 Å². The van der Waals surface area contributed by atoms with E-state index in [-0.39, 0.29) is 17.4 Å². The molecule has 1 atom stereocenters. The Labute approximate surface area is 99.5 Å². The normalized spacial score (nSPS) is 12.1. The molecule has 0 aromatic heterocycles. The van der Waals surface area contributed by atoms with Crippen molar-refractivity contribution in [1.82, 2.24) is 0 Å². The van der Waals surface area contributed by atoms with Crippen LogP contribution in [0.25, 0.3) is 0 Å². The molecule has 2 N–H and O–H groups in total. The van der Waals surface area contributed by atoms with E-state index in [1.807, 2.05) is 0 Å². The van der Waals surface area contributed by atoms with Crippen molar-refractivity contribution < 1.29 is 18.7 Å². The first-order chi connectivity index (χ1) is 7.99. The van der Waals surface area contributed by atoms with E-state index in [1.165, 1.54) is 26.4 Å². The van der Waals surface area contributed by atoms with Gasteiger partial charge in [-0.05, 0) is 31.0 Å². The quantitative estimate of drug-likeness (QED) is 0.812. The largest absolute Gasteiger partial charge is 0.493 e. The molecule has 5 heteroatoms. The minimum Gasteiger partial charge on any atom is -0.493 e. The highest BCUT2D eigenvalue weighted by atomic mass is 19.1. The van der Waals surface area contributed by atoms with Crippen molar-refractivity contribution in [3.05, 3.63) is 29.1 Å². The molecule has 94 valence electrons. The van der Waals surface area contributed by atoms with Crippen LogP contribution < -0.4 is 10.5 Å². The minimum atomic E-state index is -0.632. The van der Waals surface area contributed by atoms with Gasteiger partial charge in [0.1, 0.15) is 5.56 Å². The molecule has 1 aromatic rings. The van der Waals surface area contributed by atoms with E-state index in [0.717, 1.165) is 0 Å². The van der Waals surface area contributed by atoms with Gasteiger partial charge in [0.05, 0.1) is 14.2 Å². The highest BCUT2D eigenvalue weighted by Gasteiger charge is 2.18. The van der Waals surface area contributed by atoms with E-state index in [2.05, 4.69) is 4.74 Å². The average Bonchev–Trinajstić information content (AvgIpc) is 2.26. The van der Waals surface area contributed by atoms with Crippen LogP contribution in [0.5, 0.6) is 5.75 Å². The average molecular weight is 241 g/mol.